The number of halogens is 2. The molecule has 1 unspecified atom stereocenters. The van der Waals surface area contributed by atoms with E-state index in [2.05, 4.69) is 12.2 Å². The molecule has 1 aromatic rings. The topological polar surface area (TPSA) is 12.0 Å². The highest BCUT2D eigenvalue weighted by Crippen LogP contribution is 2.20. The minimum atomic E-state index is -0.793. The Morgan fingerprint density at radius 2 is 2.07 bits per heavy atom. The first kappa shape index (κ1) is 12.5. The van der Waals surface area contributed by atoms with Crippen LogP contribution in [0.15, 0.2) is 23.1 Å². The Morgan fingerprint density at radius 1 is 1.33 bits per heavy atom. The number of benzene rings is 1. The first-order valence-corrected chi connectivity index (χ1v) is 5.93. The molecule has 1 rings (SSSR count). The standard InChI is InChI=1S/C11H15F2NS/c1-3-14-8(2)7-15-9-4-5-10(12)11(13)6-9/h4-6,8,14H,3,7H2,1-2H3. The predicted molar refractivity (Wildman–Crippen MR) is 60.2 cm³/mol. The maximum atomic E-state index is 12.8. The smallest absolute Gasteiger partial charge is 0.159 e. The van der Waals surface area contributed by atoms with Crippen LogP contribution in [0.2, 0.25) is 0 Å². The summed E-state index contributed by atoms with van der Waals surface area (Å²) < 4.78 is 25.5. The van der Waals surface area contributed by atoms with Crippen molar-refractivity contribution >= 4 is 11.8 Å². The van der Waals surface area contributed by atoms with Gasteiger partial charge in [0.1, 0.15) is 0 Å². The van der Waals surface area contributed by atoms with Gasteiger partial charge in [-0.25, -0.2) is 8.78 Å². The van der Waals surface area contributed by atoms with Crippen LogP contribution in [0.5, 0.6) is 0 Å². The lowest BCUT2D eigenvalue weighted by atomic mass is 10.3. The normalized spacial score (nSPS) is 12.8. The molecule has 84 valence electrons. The number of hydrogen-bond donors (Lipinski definition) is 1. The van der Waals surface area contributed by atoms with Crippen molar-refractivity contribution in [3.05, 3.63) is 29.8 Å². The SMILES string of the molecule is CCNC(C)CSc1ccc(F)c(F)c1. The Balaban J connectivity index is 2.47. The second-order valence-corrected chi connectivity index (χ2v) is 4.44. The van der Waals surface area contributed by atoms with Crippen LogP contribution in [-0.4, -0.2) is 18.3 Å². The second kappa shape index (κ2) is 6.08. The van der Waals surface area contributed by atoms with E-state index in [-0.39, 0.29) is 0 Å². The predicted octanol–water partition coefficient (Wildman–Crippen LogP) is 3.05. The van der Waals surface area contributed by atoms with Crippen LogP contribution in [0.1, 0.15) is 13.8 Å². The zero-order valence-electron chi connectivity index (χ0n) is 8.89. The minimum absolute atomic E-state index is 0.369. The Hall–Kier alpha value is -0.610. The molecule has 0 aliphatic rings. The fourth-order valence-electron chi connectivity index (χ4n) is 1.20. The van der Waals surface area contributed by atoms with Crippen molar-refractivity contribution < 1.29 is 8.78 Å². The van der Waals surface area contributed by atoms with Gasteiger partial charge in [0.25, 0.3) is 0 Å². The van der Waals surface area contributed by atoms with E-state index in [0.29, 0.717) is 6.04 Å². The van der Waals surface area contributed by atoms with Crippen LogP contribution in [0, 0.1) is 11.6 Å². The van der Waals surface area contributed by atoms with Crippen molar-refractivity contribution in [2.24, 2.45) is 0 Å². The monoisotopic (exact) mass is 231 g/mol. The molecule has 1 N–H and O–H groups in total. The summed E-state index contributed by atoms with van der Waals surface area (Å²) in [5, 5.41) is 3.25. The van der Waals surface area contributed by atoms with Crippen LogP contribution in [0.25, 0.3) is 0 Å². The van der Waals surface area contributed by atoms with Gasteiger partial charge in [-0.1, -0.05) is 6.92 Å². The van der Waals surface area contributed by atoms with E-state index in [1.807, 2.05) is 6.92 Å². The first-order valence-electron chi connectivity index (χ1n) is 4.94. The molecule has 4 heteroatoms. The summed E-state index contributed by atoms with van der Waals surface area (Å²) in [6, 6.07) is 4.36. The molecule has 0 saturated heterocycles. The third-order valence-electron chi connectivity index (χ3n) is 1.94. The summed E-state index contributed by atoms with van der Waals surface area (Å²) in [5.74, 6) is -0.728. The van der Waals surface area contributed by atoms with Crippen molar-refractivity contribution in [3.8, 4) is 0 Å². The van der Waals surface area contributed by atoms with Gasteiger partial charge in [0, 0.05) is 16.7 Å². The molecule has 15 heavy (non-hydrogen) atoms. The third-order valence-corrected chi connectivity index (χ3v) is 3.20. The largest absolute Gasteiger partial charge is 0.314 e. The van der Waals surface area contributed by atoms with Crippen molar-refractivity contribution in [1.82, 2.24) is 5.32 Å². The van der Waals surface area contributed by atoms with Crippen molar-refractivity contribution in [1.29, 1.82) is 0 Å². The fourth-order valence-corrected chi connectivity index (χ4v) is 2.11. The molecule has 1 atom stereocenters. The Labute approximate surface area is 93.3 Å². The molecule has 1 aromatic carbocycles. The number of nitrogens with one attached hydrogen (secondary N) is 1. The third kappa shape index (κ3) is 4.18. The summed E-state index contributed by atoms with van der Waals surface area (Å²) in [6.07, 6.45) is 0. The summed E-state index contributed by atoms with van der Waals surface area (Å²) in [4.78, 5) is 0.763. The van der Waals surface area contributed by atoms with Gasteiger partial charge in [0.05, 0.1) is 0 Å². The van der Waals surface area contributed by atoms with E-state index in [1.165, 1.54) is 17.8 Å². The van der Waals surface area contributed by atoms with Crippen LogP contribution >= 0.6 is 11.8 Å². The fraction of sp³-hybridized carbons (Fsp3) is 0.455. The Bertz CT molecular complexity index is 317. The highest BCUT2D eigenvalue weighted by molar-refractivity contribution is 7.99. The van der Waals surface area contributed by atoms with Gasteiger partial charge in [-0.05, 0) is 31.7 Å². The molecule has 0 bridgehead atoms. The molecule has 0 amide bonds. The van der Waals surface area contributed by atoms with E-state index in [9.17, 15) is 8.78 Å². The molecule has 0 aliphatic carbocycles. The number of thioether (sulfide) groups is 1. The van der Waals surface area contributed by atoms with Crippen molar-refractivity contribution in [2.75, 3.05) is 12.3 Å². The Kier molecular flexibility index (Phi) is 5.05. The van der Waals surface area contributed by atoms with Gasteiger partial charge in [0.15, 0.2) is 11.6 Å². The van der Waals surface area contributed by atoms with Gasteiger partial charge in [-0.15, -0.1) is 11.8 Å². The summed E-state index contributed by atoms with van der Waals surface area (Å²) in [6.45, 7) is 5.02. The van der Waals surface area contributed by atoms with Gasteiger partial charge in [-0.3, -0.25) is 0 Å². The molecular weight excluding hydrogens is 216 g/mol. The maximum absolute atomic E-state index is 12.8. The molecule has 0 heterocycles. The second-order valence-electron chi connectivity index (χ2n) is 3.35. The van der Waals surface area contributed by atoms with Gasteiger partial charge < -0.3 is 5.32 Å². The first-order chi connectivity index (χ1) is 7.13. The highest BCUT2D eigenvalue weighted by Gasteiger charge is 2.05. The molecule has 0 aromatic heterocycles. The lowest BCUT2D eigenvalue weighted by Crippen LogP contribution is -2.27. The van der Waals surface area contributed by atoms with Gasteiger partial charge in [0.2, 0.25) is 0 Å². The lowest BCUT2D eigenvalue weighted by Gasteiger charge is -2.11. The lowest BCUT2D eigenvalue weighted by molar-refractivity contribution is 0.506. The quantitative estimate of drug-likeness (QED) is 0.782. The van der Waals surface area contributed by atoms with Gasteiger partial charge in [-0.2, -0.15) is 0 Å². The molecule has 0 aliphatic heterocycles. The van der Waals surface area contributed by atoms with E-state index in [1.54, 1.807) is 6.07 Å². The average molecular weight is 231 g/mol. The molecule has 1 nitrogen and oxygen atoms in total. The number of rotatable bonds is 5. The van der Waals surface area contributed by atoms with Crippen LogP contribution in [0.3, 0.4) is 0 Å². The maximum Gasteiger partial charge on any atom is 0.159 e. The summed E-state index contributed by atoms with van der Waals surface area (Å²) >= 11 is 1.52. The van der Waals surface area contributed by atoms with Crippen molar-refractivity contribution in [2.45, 2.75) is 24.8 Å². The minimum Gasteiger partial charge on any atom is -0.314 e. The van der Waals surface area contributed by atoms with Crippen LogP contribution < -0.4 is 5.32 Å². The van der Waals surface area contributed by atoms with Crippen molar-refractivity contribution in [3.63, 3.8) is 0 Å². The van der Waals surface area contributed by atoms with Crippen LogP contribution in [-0.2, 0) is 0 Å². The summed E-state index contributed by atoms with van der Waals surface area (Å²) in [7, 11) is 0. The zero-order valence-corrected chi connectivity index (χ0v) is 9.70. The van der Waals surface area contributed by atoms with Gasteiger partial charge >= 0.3 is 0 Å². The molecule has 0 fully saturated rings. The number of hydrogen-bond acceptors (Lipinski definition) is 2. The highest BCUT2D eigenvalue weighted by atomic mass is 32.2. The summed E-state index contributed by atoms with van der Waals surface area (Å²) in [5.41, 5.74) is 0. The molecule has 0 saturated carbocycles. The van der Waals surface area contributed by atoms with E-state index in [0.717, 1.165) is 23.3 Å². The molecular formula is C11H15F2NS. The molecule has 0 radical (unpaired) electrons. The van der Waals surface area contributed by atoms with E-state index < -0.39 is 11.6 Å². The van der Waals surface area contributed by atoms with Crippen LogP contribution in [0.4, 0.5) is 8.78 Å². The average Bonchev–Trinajstić information content (AvgIpc) is 2.20. The Morgan fingerprint density at radius 3 is 2.67 bits per heavy atom. The molecule has 0 spiro atoms. The van der Waals surface area contributed by atoms with E-state index >= 15 is 0 Å². The van der Waals surface area contributed by atoms with E-state index in [4.69, 9.17) is 0 Å². The zero-order chi connectivity index (χ0) is 11.3.